The average molecular weight is 941 g/mol. The van der Waals surface area contributed by atoms with Crippen LogP contribution < -0.4 is 0 Å². The van der Waals surface area contributed by atoms with Gasteiger partial charge in [0.2, 0.25) is 0 Å². The Bertz CT molecular complexity index is 2950. The van der Waals surface area contributed by atoms with Gasteiger partial charge in [-0.15, -0.1) is 0 Å². The van der Waals surface area contributed by atoms with E-state index in [0.29, 0.717) is 0 Å². The molecular formula is C62H74N4Zn. The van der Waals surface area contributed by atoms with E-state index in [2.05, 4.69) is 244 Å². The molecule has 67 heavy (non-hydrogen) atoms. The van der Waals surface area contributed by atoms with Crippen molar-refractivity contribution in [2.45, 2.75) is 157 Å². The fraction of sp³-hybridized carbons (Fsp3) is 0.387. The molecule has 6 aromatic rings. The van der Waals surface area contributed by atoms with Crippen LogP contribution in [0.5, 0.6) is 0 Å². The Labute approximate surface area is 415 Å². The van der Waals surface area contributed by atoms with Crippen molar-refractivity contribution in [1.29, 1.82) is 0 Å². The summed E-state index contributed by atoms with van der Waals surface area (Å²) in [5.41, 5.74) is 21.9. The number of hydrogen-bond donors (Lipinski definition) is 2. The van der Waals surface area contributed by atoms with Gasteiger partial charge in [-0.05, 0) is 137 Å². The number of benzene rings is 3. The predicted octanol–water partition coefficient (Wildman–Crippen LogP) is 17.4. The molecule has 0 radical (unpaired) electrons. The average Bonchev–Trinajstić information content (AvgIpc) is 4.03. The number of aromatic nitrogens is 4. The van der Waals surface area contributed by atoms with Crippen molar-refractivity contribution in [2.24, 2.45) is 0 Å². The Balaban J connectivity index is 0.00000666. The molecule has 2 aliphatic rings. The second-order valence-corrected chi connectivity index (χ2v) is 25.3. The van der Waals surface area contributed by atoms with Gasteiger partial charge in [0, 0.05) is 58.2 Å². The third-order valence-electron chi connectivity index (χ3n) is 13.4. The molecule has 0 saturated carbocycles. The zero-order valence-corrected chi connectivity index (χ0v) is 47.0. The second kappa shape index (κ2) is 17.1. The van der Waals surface area contributed by atoms with E-state index in [1.54, 1.807) is 0 Å². The fourth-order valence-electron chi connectivity index (χ4n) is 8.96. The van der Waals surface area contributed by atoms with Crippen LogP contribution in [-0.4, -0.2) is 19.9 Å². The first-order valence-corrected chi connectivity index (χ1v) is 24.1. The summed E-state index contributed by atoms with van der Waals surface area (Å²) in [5, 5.41) is 0. The van der Waals surface area contributed by atoms with E-state index < -0.39 is 0 Å². The van der Waals surface area contributed by atoms with Crippen molar-refractivity contribution in [2.75, 3.05) is 0 Å². The van der Waals surface area contributed by atoms with Crippen LogP contribution in [0.25, 0.3) is 79.8 Å². The Hall–Kier alpha value is -5.12. The van der Waals surface area contributed by atoms with Gasteiger partial charge >= 0.3 is 0 Å². The summed E-state index contributed by atoms with van der Waals surface area (Å²) in [4.78, 5) is 19.0. The molecule has 0 amide bonds. The van der Waals surface area contributed by atoms with E-state index in [4.69, 9.17) is 9.97 Å². The molecule has 4 nitrogen and oxygen atoms in total. The molecule has 5 heteroatoms. The van der Waals surface area contributed by atoms with E-state index >= 15 is 0 Å². The minimum Gasteiger partial charge on any atom is -0.355 e. The Morgan fingerprint density at radius 1 is 0.313 bits per heavy atom. The summed E-state index contributed by atoms with van der Waals surface area (Å²) < 4.78 is 0. The molecular weight excluding hydrogens is 866 g/mol. The van der Waals surface area contributed by atoms with E-state index in [9.17, 15) is 0 Å². The zero-order chi connectivity index (χ0) is 48.1. The predicted molar refractivity (Wildman–Crippen MR) is 287 cm³/mol. The number of aromatic amines is 2. The van der Waals surface area contributed by atoms with Crippen LogP contribution in [0.4, 0.5) is 0 Å². The molecule has 2 N–H and O–H groups in total. The first kappa shape index (κ1) is 49.8. The molecule has 0 aliphatic carbocycles. The quantitative estimate of drug-likeness (QED) is 0.173. The van der Waals surface area contributed by atoms with Crippen molar-refractivity contribution in [1.82, 2.24) is 19.9 Å². The smallest absolute Gasteiger partial charge is 0.0737 e. The molecule has 8 bridgehead atoms. The standard InChI is InChI=1S/C62H74N4.Zn/c1-57(2,3)40-27-37(28-41(33-40)58(4,5)6)54-48-21-19-46(63-48)36-47-20-22-49(64-47)55(38-29-42(59(7,8)9)34-43(30-38)60(10,11)12)51-24-26-53(66-51)56(52-25-23-50(54)65-52)39-31-44(61(13,14)15)35-45(32-39)62(16,17)18;/h19-36,63,66H,1-18H3;. The summed E-state index contributed by atoms with van der Waals surface area (Å²) >= 11 is 0. The number of nitrogens with one attached hydrogen (secondary N) is 2. The zero-order valence-electron chi connectivity index (χ0n) is 44.0. The van der Waals surface area contributed by atoms with Crippen molar-refractivity contribution in [3.63, 3.8) is 0 Å². The fourth-order valence-corrected chi connectivity index (χ4v) is 8.96. The molecule has 3 aromatic carbocycles. The van der Waals surface area contributed by atoms with E-state index in [-0.39, 0.29) is 52.0 Å². The number of H-pyrrole nitrogens is 2. The molecule has 0 saturated heterocycles. The van der Waals surface area contributed by atoms with E-state index in [0.717, 1.165) is 78.2 Å². The summed E-state index contributed by atoms with van der Waals surface area (Å²) in [7, 11) is 0. The number of fused-ring (bicyclic) bond motifs is 8. The molecule has 0 atom stereocenters. The first-order valence-electron chi connectivity index (χ1n) is 24.1. The van der Waals surface area contributed by atoms with Gasteiger partial charge in [0.05, 0.1) is 22.8 Å². The molecule has 3 aromatic heterocycles. The van der Waals surface area contributed by atoms with Crippen LogP contribution in [0.3, 0.4) is 0 Å². The number of rotatable bonds is 3. The van der Waals surface area contributed by atoms with E-state index in [1.807, 2.05) is 0 Å². The Morgan fingerprint density at radius 3 is 0.925 bits per heavy atom. The Morgan fingerprint density at radius 2 is 0.597 bits per heavy atom. The van der Waals surface area contributed by atoms with Crippen molar-refractivity contribution in [3.05, 3.63) is 141 Å². The topological polar surface area (TPSA) is 57.4 Å². The van der Waals surface area contributed by atoms with Gasteiger partial charge in [0.25, 0.3) is 0 Å². The van der Waals surface area contributed by atoms with Crippen molar-refractivity contribution in [3.8, 4) is 33.4 Å². The largest absolute Gasteiger partial charge is 0.355 e. The number of nitrogens with zero attached hydrogens (tertiary/aromatic N) is 2. The van der Waals surface area contributed by atoms with Crippen LogP contribution in [0, 0.1) is 0 Å². The minimum absolute atomic E-state index is 0. The van der Waals surface area contributed by atoms with Gasteiger partial charge < -0.3 is 9.97 Å². The first-order chi connectivity index (χ1) is 30.4. The minimum atomic E-state index is -0.0720. The van der Waals surface area contributed by atoms with Crippen molar-refractivity contribution >= 4 is 46.4 Å². The van der Waals surface area contributed by atoms with Crippen LogP contribution in [-0.2, 0) is 52.0 Å². The summed E-state index contributed by atoms with van der Waals surface area (Å²) in [6, 6.07) is 32.6. The SMILES string of the molecule is CC(C)(C)c1cc(-c2c3nc(c(-c4cc(C(C)(C)C)cc(C(C)(C)C)c4)c4ccc([nH]4)c(-c4cc(C(C)(C)C)cc(C(C)(C)C)c4)c4nc(cc5ccc2[nH]5)C=C4)C=C3)cc(C(C)(C)C)c1.[Zn]. The maximum absolute atomic E-state index is 5.71. The summed E-state index contributed by atoms with van der Waals surface area (Å²) in [6.45, 7) is 41.6. The van der Waals surface area contributed by atoms with Gasteiger partial charge in [-0.25, -0.2) is 9.97 Å². The van der Waals surface area contributed by atoms with Gasteiger partial charge in [-0.1, -0.05) is 179 Å². The van der Waals surface area contributed by atoms with Crippen LogP contribution >= 0.6 is 0 Å². The molecule has 0 fully saturated rings. The Kier molecular flexibility index (Phi) is 12.7. The van der Waals surface area contributed by atoms with Gasteiger partial charge in [-0.2, -0.15) is 0 Å². The van der Waals surface area contributed by atoms with E-state index in [1.165, 1.54) is 33.4 Å². The third kappa shape index (κ3) is 10.3. The maximum atomic E-state index is 5.71. The van der Waals surface area contributed by atoms with Crippen LogP contribution in [0.1, 0.15) is 181 Å². The van der Waals surface area contributed by atoms with Crippen LogP contribution in [0.2, 0.25) is 0 Å². The monoisotopic (exact) mass is 939 g/mol. The van der Waals surface area contributed by atoms with Gasteiger partial charge in [-0.3, -0.25) is 0 Å². The van der Waals surface area contributed by atoms with Crippen LogP contribution in [0.15, 0.2) is 84.9 Å². The molecule has 0 spiro atoms. The van der Waals surface area contributed by atoms with Crippen molar-refractivity contribution < 1.29 is 19.5 Å². The number of hydrogen-bond acceptors (Lipinski definition) is 2. The molecule has 8 rings (SSSR count). The molecule has 2 aliphatic heterocycles. The molecule has 344 valence electrons. The maximum Gasteiger partial charge on any atom is 0.0737 e. The third-order valence-corrected chi connectivity index (χ3v) is 13.4. The summed E-state index contributed by atoms with van der Waals surface area (Å²) in [6.07, 6.45) is 8.79. The summed E-state index contributed by atoms with van der Waals surface area (Å²) in [5.74, 6) is 0. The second-order valence-electron chi connectivity index (χ2n) is 25.3. The normalized spacial score (nSPS) is 13.6. The van der Waals surface area contributed by atoms with Gasteiger partial charge in [0.15, 0.2) is 0 Å². The molecule has 5 heterocycles. The molecule has 0 unspecified atom stereocenters. The van der Waals surface area contributed by atoms with Gasteiger partial charge in [0.1, 0.15) is 0 Å².